The topological polar surface area (TPSA) is 31.4 Å². The summed E-state index contributed by atoms with van der Waals surface area (Å²) in [7, 11) is 4.18. The molecule has 1 aromatic carbocycles. The Kier molecular flexibility index (Phi) is 4.08. The zero-order valence-corrected chi connectivity index (χ0v) is 13.1. The van der Waals surface area contributed by atoms with Crippen molar-refractivity contribution in [2.75, 3.05) is 38.6 Å². The molecule has 0 amide bonds. The lowest BCUT2D eigenvalue weighted by Gasteiger charge is -2.39. The van der Waals surface area contributed by atoms with Crippen molar-refractivity contribution in [1.82, 2.24) is 15.2 Å². The van der Waals surface area contributed by atoms with E-state index in [9.17, 15) is 0 Å². The van der Waals surface area contributed by atoms with E-state index in [2.05, 4.69) is 59.4 Å². The number of nitrogens with one attached hydrogen (secondary N) is 1. The number of para-hydroxylation sites is 1. The molecule has 0 bridgehead atoms. The minimum absolute atomic E-state index is 0.500. The molecule has 0 spiro atoms. The largest absolute Gasteiger partial charge is 0.351 e. The molecular weight excluding hydrogens is 260 g/mol. The average molecular weight is 284 g/mol. The first kappa shape index (κ1) is 14.3. The number of fused-ring (bicyclic) bond motifs is 1. The van der Waals surface area contributed by atoms with Crippen LogP contribution in [0.25, 0.3) is 10.9 Å². The quantitative estimate of drug-likeness (QED) is 0.935. The molecule has 1 N–H and O–H groups in total. The Hall–Kier alpha value is -1.65. The number of pyridine rings is 1. The number of rotatable bonds is 3. The highest BCUT2D eigenvalue weighted by molar-refractivity contribution is 5.84. The summed E-state index contributed by atoms with van der Waals surface area (Å²) in [6.07, 6.45) is 0. The number of nitrogens with zero attached hydrogens (tertiary/aromatic N) is 3. The van der Waals surface area contributed by atoms with Crippen LogP contribution in [0.3, 0.4) is 0 Å². The maximum Gasteiger partial charge on any atom is 0.129 e. The first-order valence-electron chi connectivity index (χ1n) is 7.67. The Morgan fingerprint density at radius 2 is 2.10 bits per heavy atom. The lowest BCUT2D eigenvalue weighted by Crippen LogP contribution is -2.50. The standard InChI is InChI=1S/C17H24N4/c1-13-12-20(3)8-9-21(13)17-10-14(11-18-2)15-6-4-5-7-16(15)19-17/h4-7,10,13,18H,8-9,11-12H2,1-3H3. The molecule has 1 atom stereocenters. The van der Waals surface area contributed by atoms with Crippen molar-refractivity contribution in [3.63, 3.8) is 0 Å². The van der Waals surface area contributed by atoms with Crippen LogP contribution in [-0.4, -0.2) is 49.7 Å². The molecule has 0 aliphatic carbocycles. The van der Waals surface area contributed by atoms with Crippen LogP contribution in [-0.2, 0) is 6.54 Å². The van der Waals surface area contributed by atoms with Crippen molar-refractivity contribution in [3.05, 3.63) is 35.9 Å². The molecule has 2 heterocycles. The smallest absolute Gasteiger partial charge is 0.129 e. The van der Waals surface area contributed by atoms with Crippen molar-refractivity contribution in [3.8, 4) is 0 Å². The lowest BCUT2D eigenvalue weighted by molar-refractivity contribution is 0.275. The van der Waals surface area contributed by atoms with Gasteiger partial charge in [0.2, 0.25) is 0 Å². The van der Waals surface area contributed by atoms with Gasteiger partial charge in [0, 0.05) is 37.6 Å². The Bertz CT molecular complexity index is 625. The monoisotopic (exact) mass is 284 g/mol. The first-order valence-corrected chi connectivity index (χ1v) is 7.67. The van der Waals surface area contributed by atoms with E-state index in [4.69, 9.17) is 4.98 Å². The predicted octanol–water partition coefficient (Wildman–Crippen LogP) is 2.09. The summed E-state index contributed by atoms with van der Waals surface area (Å²) in [6.45, 7) is 6.39. The summed E-state index contributed by atoms with van der Waals surface area (Å²) in [6, 6.07) is 11.2. The average Bonchev–Trinajstić information content (AvgIpc) is 2.47. The second kappa shape index (κ2) is 6.00. The highest BCUT2D eigenvalue weighted by Crippen LogP contribution is 2.25. The number of piperazine rings is 1. The number of benzene rings is 1. The Labute approximate surface area is 126 Å². The molecule has 4 nitrogen and oxygen atoms in total. The van der Waals surface area contributed by atoms with Crippen LogP contribution in [0.5, 0.6) is 0 Å². The van der Waals surface area contributed by atoms with Gasteiger partial charge in [0.25, 0.3) is 0 Å². The van der Waals surface area contributed by atoms with Crippen LogP contribution in [0, 0.1) is 0 Å². The number of hydrogen-bond acceptors (Lipinski definition) is 4. The van der Waals surface area contributed by atoms with Gasteiger partial charge in [-0.2, -0.15) is 0 Å². The van der Waals surface area contributed by atoms with Crippen LogP contribution < -0.4 is 10.2 Å². The second-order valence-corrected chi connectivity index (χ2v) is 5.99. The van der Waals surface area contributed by atoms with Gasteiger partial charge in [-0.25, -0.2) is 4.98 Å². The molecule has 0 radical (unpaired) electrons. The van der Waals surface area contributed by atoms with Crippen LogP contribution in [0.1, 0.15) is 12.5 Å². The minimum atomic E-state index is 0.500. The number of likely N-dealkylation sites (N-methyl/N-ethyl adjacent to an activating group) is 1. The van der Waals surface area contributed by atoms with Crippen LogP contribution in [0.4, 0.5) is 5.82 Å². The van der Waals surface area contributed by atoms with Gasteiger partial charge in [-0.1, -0.05) is 18.2 Å². The Morgan fingerprint density at radius 3 is 2.86 bits per heavy atom. The predicted molar refractivity (Wildman–Crippen MR) is 88.8 cm³/mol. The first-order chi connectivity index (χ1) is 10.2. The van der Waals surface area contributed by atoms with Crippen molar-refractivity contribution >= 4 is 16.7 Å². The van der Waals surface area contributed by atoms with E-state index in [-0.39, 0.29) is 0 Å². The van der Waals surface area contributed by atoms with E-state index in [1.54, 1.807) is 0 Å². The minimum Gasteiger partial charge on any atom is -0.351 e. The molecule has 1 unspecified atom stereocenters. The van der Waals surface area contributed by atoms with Gasteiger partial charge in [0.1, 0.15) is 5.82 Å². The zero-order chi connectivity index (χ0) is 14.8. The number of aromatic nitrogens is 1. The molecule has 2 aromatic rings. The molecule has 1 aliphatic rings. The van der Waals surface area contributed by atoms with E-state index in [0.29, 0.717) is 6.04 Å². The molecule has 1 saturated heterocycles. The summed E-state index contributed by atoms with van der Waals surface area (Å²) in [5.74, 6) is 1.11. The number of hydrogen-bond donors (Lipinski definition) is 1. The molecule has 1 aliphatic heterocycles. The molecule has 4 heteroatoms. The lowest BCUT2D eigenvalue weighted by atomic mass is 10.1. The Balaban J connectivity index is 2.02. The van der Waals surface area contributed by atoms with Gasteiger partial charge in [-0.05, 0) is 38.7 Å². The maximum absolute atomic E-state index is 4.90. The zero-order valence-electron chi connectivity index (χ0n) is 13.1. The van der Waals surface area contributed by atoms with Crippen LogP contribution >= 0.6 is 0 Å². The second-order valence-electron chi connectivity index (χ2n) is 5.99. The van der Waals surface area contributed by atoms with Crippen LogP contribution in [0.15, 0.2) is 30.3 Å². The fourth-order valence-corrected chi connectivity index (χ4v) is 3.20. The highest BCUT2D eigenvalue weighted by Gasteiger charge is 2.23. The van der Waals surface area contributed by atoms with E-state index in [1.807, 2.05) is 7.05 Å². The molecule has 1 fully saturated rings. The third-order valence-electron chi connectivity index (χ3n) is 4.28. The van der Waals surface area contributed by atoms with Crippen molar-refractivity contribution in [1.29, 1.82) is 0 Å². The third-order valence-corrected chi connectivity index (χ3v) is 4.28. The van der Waals surface area contributed by atoms with Gasteiger partial charge in [0.05, 0.1) is 5.52 Å². The Morgan fingerprint density at radius 1 is 1.29 bits per heavy atom. The van der Waals surface area contributed by atoms with E-state index < -0.39 is 0 Å². The molecule has 3 rings (SSSR count). The molecular formula is C17H24N4. The summed E-state index contributed by atoms with van der Waals surface area (Å²) < 4.78 is 0. The fourth-order valence-electron chi connectivity index (χ4n) is 3.20. The van der Waals surface area contributed by atoms with Gasteiger partial charge in [-0.15, -0.1) is 0 Å². The van der Waals surface area contributed by atoms with Gasteiger partial charge in [-0.3, -0.25) is 0 Å². The van der Waals surface area contributed by atoms with Gasteiger partial charge >= 0.3 is 0 Å². The SMILES string of the molecule is CNCc1cc(N2CCN(C)CC2C)nc2ccccc12. The van der Waals surface area contributed by atoms with Crippen molar-refractivity contribution in [2.45, 2.75) is 19.5 Å². The van der Waals surface area contributed by atoms with Crippen molar-refractivity contribution < 1.29 is 0 Å². The van der Waals surface area contributed by atoms with Crippen LogP contribution in [0.2, 0.25) is 0 Å². The van der Waals surface area contributed by atoms with Gasteiger partial charge < -0.3 is 15.1 Å². The molecule has 21 heavy (non-hydrogen) atoms. The fraction of sp³-hybridized carbons (Fsp3) is 0.471. The third kappa shape index (κ3) is 2.87. The summed E-state index contributed by atoms with van der Waals surface area (Å²) in [5, 5.41) is 4.52. The number of anilines is 1. The summed E-state index contributed by atoms with van der Waals surface area (Å²) in [4.78, 5) is 9.72. The van der Waals surface area contributed by atoms with E-state index in [0.717, 1.165) is 37.5 Å². The maximum atomic E-state index is 4.90. The summed E-state index contributed by atoms with van der Waals surface area (Å²) in [5.41, 5.74) is 2.41. The highest BCUT2D eigenvalue weighted by atomic mass is 15.3. The van der Waals surface area contributed by atoms with E-state index >= 15 is 0 Å². The van der Waals surface area contributed by atoms with E-state index in [1.165, 1.54) is 10.9 Å². The molecule has 1 aromatic heterocycles. The molecule has 0 saturated carbocycles. The van der Waals surface area contributed by atoms with Gasteiger partial charge in [0.15, 0.2) is 0 Å². The van der Waals surface area contributed by atoms with Crippen molar-refractivity contribution in [2.24, 2.45) is 0 Å². The normalized spacial score (nSPS) is 20.1. The molecule has 112 valence electrons. The summed E-state index contributed by atoms with van der Waals surface area (Å²) >= 11 is 0.